The van der Waals surface area contributed by atoms with E-state index in [2.05, 4.69) is 4.72 Å². The van der Waals surface area contributed by atoms with Crippen molar-refractivity contribution in [3.8, 4) is 0 Å². The topological polar surface area (TPSA) is 106 Å². The van der Waals surface area contributed by atoms with Crippen LogP contribution in [0.25, 0.3) is 0 Å². The summed E-state index contributed by atoms with van der Waals surface area (Å²) in [7, 11) is -2.38. The summed E-state index contributed by atoms with van der Waals surface area (Å²) in [5.41, 5.74) is 5.71. The van der Waals surface area contributed by atoms with Gasteiger partial charge < -0.3 is 15.1 Å². The van der Waals surface area contributed by atoms with Gasteiger partial charge in [0.1, 0.15) is 0 Å². The Balaban J connectivity index is 2.18. The Bertz CT molecular complexity index is 551. The van der Waals surface area contributed by atoms with Gasteiger partial charge in [-0.2, -0.15) is 0 Å². The number of hydrogen-bond donors (Lipinski definition) is 2. The SMILES string of the molecule is CNS(=O)(=O)c1ccc(C(=O)N2CCC(N)C2)o1. The van der Waals surface area contributed by atoms with Crippen LogP contribution in [0.1, 0.15) is 17.0 Å². The lowest BCUT2D eigenvalue weighted by molar-refractivity contribution is 0.0753. The number of furan rings is 1. The highest BCUT2D eigenvalue weighted by Gasteiger charge is 2.27. The molecule has 1 aromatic rings. The van der Waals surface area contributed by atoms with E-state index in [-0.39, 0.29) is 22.8 Å². The number of carbonyl (C=O) groups excluding carboxylic acids is 1. The van der Waals surface area contributed by atoms with Crippen molar-refractivity contribution in [2.45, 2.75) is 17.6 Å². The molecule has 1 aromatic heterocycles. The van der Waals surface area contributed by atoms with Crippen LogP contribution in [0.15, 0.2) is 21.6 Å². The van der Waals surface area contributed by atoms with E-state index < -0.39 is 10.0 Å². The Kier molecular flexibility index (Phi) is 3.42. The molecule has 8 heteroatoms. The minimum absolute atomic E-state index is 0.0120. The van der Waals surface area contributed by atoms with E-state index in [1.54, 1.807) is 4.90 Å². The Morgan fingerprint density at radius 2 is 2.28 bits per heavy atom. The zero-order valence-corrected chi connectivity index (χ0v) is 10.7. The lowest BCUT2D eigenvalue weighted by Gasteiger charge is -2.13. The van der Waals surface area contributed by atoms with E-state index in [4.69, 9.17) is 10.2 Å². The quantitative estimate of drug-likeness (QED) is 0.762. The summed E-state index contributed by atoms with van der Waals surface area (Å²) >= 11 is 0. The molecule has 0 bridgehead atoms. The summed E-state index contributed by atoms with van der Waals surface area (Å²) in [6, 6.07) is 2.59. The van der Waals surface area contributed by atoms with Crippen LogP contribution in [0.5, 0.6) is 0 Å². The van der Waals surface area contributed by atoms with Crippen LogP contribution in [0.4, 0.5) is 0 Å². The van der Waals surface area contributed by atoms with Gasteiger partial charge in [-0.3, -0.25) is 4.79 Å². The molecule has 100 valence electrons. The highest BCUT2D eigenvalue weighted by atomic mass is 32.2. The molecular weight excluding hydrogens is 258 g/mol. The number of rotatable bonds is 3. The molecule has 1 amide bonds. The van der Waals surface area contributed by atoms with Gasteiger partial charge in [-0.15, -0.1) is 0 Å². The maximum atomic E-state index is 12.0. The molecule has 0 radical (unpaired) electrons. The Hall–Kier alpha value is -1.38. The van der Waals surface area contributed by atoms with Gasteiger partial charge in [0.25, 0.3) is 15.9 Å². The van der Waals surface area contributed by atoms with Crippen molar-refractivity contribution in [2.24, 2.45) is 5.73 Å². The molecule has 7 nitrogen and oxygen atoms in total. The molecule has 0 spiro atoms. The molecule has 18 heavy (non-hydrogen) atoms. The van der Waals surface area contributed by atoms with E-state index in [9.17, 15) is 13.2 Å². The number of nitrogens with zero attached hydrogens (tertiary/aromatic N) is 1. The van der Waals surface area contributed by atoms with E-state index in [0.29, 0.717) is 13.1 Å². The van der Waals surface area contributed by atoms with Gasteiger partial charge in [-0.25, -0.2) is 13.1 Å². The number of nitrogens with one attached hydrogen (secondary N) is 1. The fourth-order valence-corrected chi connectivity index (χ4v) is 2.46. The van der Waals surface area contributed by atoms with E-state index in [1.807, 2.05) is 0 Å². The number of sulfonamides is 1. The van der Waals surface area contributed by atoms with Gasteiger partial charge in [0.05, 0.1) is 0 Å². The maximum absolute atomic E-state index is 12.0. The highest BCUT2D eigenvalue weighted by Crippen LogP contribution is 2.17. The lowest BCUT2D eigenvalue weighted by Crippen LogP contribution is -2.31. The molecule has 1 unspecified atom stereocenters. The second-order valence-corrected chi connectivity index (χ2v) is 5.94. The van der Waals surface area contributed by atoms with Crippen molar-refractivity contribution in [1.29, 1.82) is 0 Å². The zero-order valence-electron chi connectivity index (χ0n) is 9.92. The minimum atomic E-state index is -3.66. The molecule has 0 aromatic carbocycles. The van der Waals surface area contributed by atoms with Gasteiger partial charge >= 0.3 is 0 Å². The standard InChI is InChI=1S/C10H15N3O4S/c1-12-18(15,16)9-3-2-8(17-9)10(14)13-5-4-7(11)6-13/h2-3,7,12H,4-6,11H2,1H3. The summed E-state index contributed by atoms with van der Waals surface area (Å²) in [6.45, 7) is 1.03. The van der Waals surface area contributed by atoms with Crippen molar-refractivity contribution >= 4 is 15.9 Å². The third-order valence-corrected chi connectivity index (χ3v) is 4.12. The number of likely N-dealkylation sites (tertiary alicyclic amines) is 1. The number of amides is 1. The van der Waals surface area contributed by atoms with Crippen LogP contribution in [0.3, 0.4) is 0 Å². The molecule has 2 rings (SSSR count). The molecule has 1 aliphatic rings. The average molecular weight is 273 g/mol. The lowest BCUT2D eigenvalue weighted by atomic mass is 10.3. The first kappa shape index (κ1) is 13.1. The summed E-state index contributed by atoms with van der Waals surface area (Å²) in [5, 5.41) is -0.267. The Morgan fingerprint density at radius 1 is 1.56 bits per heavy atom. The number of hydrogen-bond acceptors (Lipinski definition) is 5. The predicted octanol–water partition coefficient (Wildman–Crippen LogP) is -0.639. The predicted molar refractivity (Wildman–Crippen MR) is 63.4 cm³/mol. The van der Waals surface area contributed by atoms with Crippen LogP contribution < -0.4 is 10.5 Å². The first-order valence-electron chi connectivity index (χ1n) is 5.52. The van der Waals surface area contributed by atoms with Crippen molar-refractivity contribution in [2.75, 3.05) is 20.1 Å². The van der Waals surface area contributed by atoms with Crippen molar-refractivity contribution < 1.29 is 17.6 Å². The van der Waals surface area contributed by atoms with Crippen molar-refractivity contribution in [1.82, 2.24) is 9.62 Å². The van der Waals surface area contributed by atoms with Crippen LogP contribution >= 0.6 is 0 Å². The van der Waals surface area contributed by atoms with E-state index in [1.165, 1.54) is 19.2 Å². The van der Waals surface area contributed by atoms with Gasteiger partial charge in [0.15, 0.2) is 5.76 Å². The molecular formula is C10H15N3O4S. The smallest absolute Gasteiger partial charge is 0.289 e. The normalized spacial score (nSPS) is 20.3. The van der Waals surface area contributed by atoms with Gasteiger partial charge in [-0.05, 0) is 25.6 Å². The summed E-state index contributed by atoms with van der Waals surface area (Å²) in [6.07, 6.45) is 0.744. The molecule has 0 aliphatic carbocycles. The van der Waals surface area contributed by atoms with Crippen LogP contribution in [-0.2, 0) is 10.0 Å². The molecule has 3 N–H and O–H groups in total. The third kappa shape index (κ3) is 2.40. The highest BCUT2D eigenvalue weighted by molar-refractivity contribution is 7.89. The summed E-state index contributed by atoms with van der Waals surface area (Å²) in [4.78, 5) is 13.5. The molecule has 0 saturated carbocycles. The second-order valence-electron chi connectivity index (χ2n) is 4.13. The van der Waals surface area contributed by atoms with E-state index >= 15 is 0 Å². The van der Waals surface area contributed by atoms with E-state index in [0.717, 1.165) is 6.42 Å². The molecule has 2 heterocycles. The van der Waals surface area contributed by atoms with Gasteiger partial charge in [0.2, 0.25) is 5.09 Å². The first-order chi connectivity index (χ1) is 8.44. The van der Waals surface area contributed by atoms with Crippen molar-refractivity contribution in [3.05, 3.63) is 17.9 Å². The van der Waals surface area contributed by atoms with Crippen LogP contribution in [0, 0.1) is 0 Å². The van der Waals surface area contributed by atoms with Crippen molar-refractivity contribution in [3.63, 3.8) is 0 Å². The summed E-state index contributed by atoms with van der Waals surface area (Å²) in [5.74, 6) is -0.321. The first-order valence-corrected chi connectivity index (χ1v) is 7.00. The third-order valence-electron chi connectivity index (χ3n) is 2.84. The maximum Gasteiger partial charge on any atom is 0.289 e. The Morgan fingerprint density at radius 3 is 2.83 bits per heavy atom. The molecule has 1 saturated heterocycles. The zero-order chi connectivity index (χ0) is 13.3. The number of carbonyl (C=O) groups is 1. The Labute approximate surface area is 105 Å². The van der Waals surface area contributed by atoms with Gasteiger partial charge in [-0.1, -0.05) is 0 Å². The average Bonchev–Trinajstić information content (AvgIpc) is 2.96. The fourth-order valence-electron chi connectivity index (χ4n) is 1.81. The summed E-state index contributed by atoms with van der Waals surface area (Å²) < 4.78 is 30.1. The fraction of sp³-hybridized carbons (Fsp3) is 0.500. The molecule has 1 atom stereocenters. The monoisotopic (exact) mass is 273 g/mol. The van der Waals surface area contributed by atoms with Gasteiger partial charge in [0, 0.05) is 19.1 Å². The largest absolute Gasteiger partial charge is 0.438 e. The number of nitrogens with two attached hydrogens (primary N) is 1. The minimum Gasteiger partial charge on any atom is -0.438 e. The second kappa shape index (κ2) is 4.71. The van der Waals surface area contributed by atoms with Crippen LogP contribution in [0.2, 0.25) is 0 Å². The molecule has 1 fully saturated rings. The van der Waals surface area contributed by atoms with Crippen LogP contribution in [-0.4, -0.2) is 45.4 Å². The molecule has 1 aliphatic heterocycles.